The normalized spacial score (nSPS) is 18.4. The van der Waals surface area contributed by atoms with Gasteiger partial charge in [-0.2, -0.15) is 0 Å². The molecule has 2 heterocycles. The molecule has 100 valence electrons. The van der Waals surface area contributed by atoms with Gasteiger partial charge in [0.2, 0.25) is 0 Å². The van der Waals surface area contributed by atoms with E-state index in [1.165, 1.54) is 4.90 Å². The van der Waals surface area contributed by atoms with E-state index in [1.54, 1.807) is 17.0 Å². The van der Waals surface area contributed by atoms with Gasteiger partial charge in [0.05, 0.1) is 13.1 Å². The van der Waals surface area contributed by atoms with Gasteiger partial charge in [-0.15, -0.1) is 0 Å². The number of carbonyl (C=O) groups is 1. The molecule has 18 heavy (non-hydrogen) atoms. The van der Waals surface area contributed by atoms with E-state index in [9.17, 15) is 9.90 Å². The van der Waals surface area contributed by atoms with E-state index in [4.69, 9.17) is 4.74 Å². The predicted octanol–water partition coefficient (Wildman–Crippen LogP) is 0.858. The monoisotopic (exact) mass is 253 g/mol. The van der Waals surface area contributed by atoms with E-state index in [1.807, 2.05) is 27.8 Å². The minimum absolute atomic E-state index is 0.215. The van der Waals surface area contributed by atoms with Crippen LogP contribution in [0.5, 0.6) is 0 Å². The summed E-state index contributed by atoms with van der Waals surface area (Å²) in [6, 6.07) is 0. The number of rotatable bonds is 1. The molecule has 2 rings (SSSR count). The molecule has 1 aromatic rings. The summed E-state index contributed by atoms with van der Waals surface area (Å²) in [4.78, 5) is 17.3. The summed E-state index contributed by atoms with van der Waals surface area (Å²) in [5.41, 5.74) is -1.58. The molecule has 1 aliphatic rings. The number of likely N-dealkylation sites (tertiary alicyclic amines) is 1. The Hall–Kier alpha value is -1.56. The Kier molecular flexibility index (Phi) is 2.85. The SMILES string of the molecule is Cn1ccnc1C1(O)CN(C(=O)OC(C)(C)C)C1. The molecule has 6 heteroatoms. The van der Waals surface area contributed by atoms with Crippen molar-refractivity contribution < 1.29 is 14.6 Å². The Balaban J connectivity index is 1.98. The van der Waals surface area contributed by atoms with Gasteiger partial charge in [0, 0.05) is 19.4 Å². The van der Waals surface area contributed by atoms with Crippen LogP contribution in [-0.2, 0) is 17.4 Å². The minimum atomic E-state index is -1.06. The quantitative estimate of drug-likeness (QED) is 0.806. The highest BCUT2D eigenvalue weighted by atomic mass is 16.6. The summed E-state index contributed by atoms with van der Waals surface area (Å²) in [7, 11) is 1.82. The number of imidazole rings is 1. The molecule has 6 nitrogen and oxygen atoms in total. The van der Waals surface area contributed by atoms with Gasteiger partial charge in [-0.1, -0.05) is 0 Å². The summed E-state index contributed by atoms with van der Waals surface area (Å²) >= 11 is 0. The summed E-state index contributed by atoms with van der Waals surface area (Å²) in [5, 5.41) is 10.3. The standard InChI is InChI=1S/C12H19N3O3/c1-11(2,3)18-10(16)15-7-12(17,8-15)9-13-5-6-14(9)4/h5-6,17H,7-8H2,1-4H3. The zero-order chi connectivity index (χ0) is 13.6. The molecule has 0 saturated carbocycles. The molecule has 1 amide bonds. The van der Waals surface area contributed by atoms with Crippen molar-refractivity contribution in [2.24, 2.45) is 7.05 Å². The number of hydrogen-bond donors (Lipinski definition) is 1. The van der Waals surface area contributed by atoms with Crippen LogP contribution in [-0.4, -0.2) is 44.3 Å². The molecular weight excluding hydrogens is 234 g/mol. The number of aliphatic hydroxyl groups is 1. The van der Waals surface area contributed by atoms with Crippen LogP contribution in [0.2, 0.25) is 0 Å². The van der Waals surface area contributed by atoms with Gasteiger partial charge in [0.1, 0.15) is 11.4 Å². The number of aromatic nitrogens is 2. The number of β-amino-alcohol motifs (C(OH)–C–C–N with tert-alkyl or cyclic N) is 1. The Bertz CT molecular complexity index is 455. The highest BCUT2D eigenvalue weighted by Gasteiger charge is 2.48. The topological polar surface area (TPSA) is 67.6 Å². The molecule has 0 atom stereocenters. The largest absolute Gasteiger partial charge is 0.444 e. The Morgan fingerprint density at radius 1 is 1.50 bits per heavy atom. The third kappa shape index (κ3) is 2.33. The Labute approximate surface area is 106 Å². The zero-order valence-corrected chi connectivity index (χ0v) is 11.2. The van der Waals surface area contributed by atoms with Crippen LogP contribution in [0, 0.1) is 0 Å². The van der Waals surface area contributed by atoms with E-state index in [-0.39, 0.29) is 13.1 Å². The Morgan fingerprint density at radius 2 is 2.11 bits per heavy atom. The van der Waals surface area contributed by atoms with Crippen molar-refractivity contribution >= 4 is 6.09 Å². The first-order chi connectivity index (χ1) is 8.21. The van der Waals surface area contributed by atoms with Crippen LogP contribution in [0.25, 0.3) is 0 Å². The average Bonchev–Trinajstić information content (AvgIpc) is 2.57. The van der Waals surface area contributed by atoms with E-state index in [0.717, 1.165) is 0 Å². The lowest BCUT2D eigenvalue weighted by atomic mass is 9.93. The highest BCUT2D eigenvalue weighted by molar-refractivity contribution is 5.69. The maximum absolute atomic E-state index is 11.7. The predicted molar refractivity (Wildman–Crippen MR) is 64.9 cm³/mol. The maximum atomic E-state index is 11.7. The lowest BCUT2D eigenvalue weighted by molar-refractivity contribution is -0.110. The van der Waals surface area contributed by atoms with Gasteiger partial charge in [0.15, 0.2) is 5.60 Å². The third-order valence-electron chi connectivity index (χ3n) is 2.79. The molecule has 0 radical (unpaired) electrons. The first-order valence-corrected chi connectivity index (χ1v) is 5.89. The van der Waals surface area contributed by atoms with Crippen molar-refractivity contribution in [3.8, 4) is 0 Å². The van der Waals surface area contributed by atoms with Crippen LogP contribution in [0.3, 0.4) is 0 Å². The van der Waals surface area contributed by atoms with Crippen LogP contribution in [0.15, 0.2) is 12.4 Å². The number of amides is 1. The molecule has 1 saturated heterocycles. The highest BCUT2D eigenvalue weighted by Crippen LogP contribution is 2.31. The van der Waals surface area contributed by atoms with Crippen molar-refractivity contribution in [3.63, 3.8) is 0 Å². The van der Waals surface area contributed by atoms with Gasteiger partial charge in [-0.05, 0) is 20.8 Å². The minimum Gasteiger partial charge on any atom is -0.444 e. The van der Waals surface area contributed by atoms with Gasteiger partial charge in [-0.3, -0.25) is 0 Å². The number of carbonyl (C=O) groups excluding carboxylic acids is 1. The van der Waals surface area contributed by atoms with Crippen molar-refractivity contribution in [2.45, 2.75) is 32.0 Å². The molecule has 0 aromatic carbocycles. The fourth-order valence-corrected chi connectivity index (χ4v) is 2.00. The second-order valence-corrected chi connectivity index (χ2v) is 5.73. The summed E-state index contributed by atoms with van der Waals surface area (Å²) < 4.78 is 6.99. The Morgan fingerprint density at radius 3 is 2.56 bits per heavy atom. The number of ether oxygens (including phenoxy) is 1. The van der Waals surface area contributed by atoms with Crippen molar-refractivity contribution in [1.82, 2.24) is 14.5 Å². The lowest BCUT2D eigenvalue weighted by Crippen LogP contribution is -2.62. The molecule has 1 N–H and O–H groups in total. The summed E-state index contributed by atoms with van der Waals surface area (Å²) in [5.74, 6) is 0.572. The number of aryl methyl sites for hydroxylation is 1. The van der Waals surface area contributed by atoms with Crippen molar-refractivity contribution in [3.05, 3.63) is 18.2 Å². The fourth-order valence-electron chi connectivity index (χ4n) is 2.00. The summed E-state index contributed by atoms with van der Waals surface area (Å²) in [6.45, 7) is 5.88. The van der Waals surface area contributed by atoms with Crippen molar-refractivity contribution in [1.29, 1.82) is 0 Å². The van der Waals surface area contributed by atoms with Crippen molar-refractivity contribution in [2.75, 3.05) is 13.1 Å². The zero-order valence-electron chi connectivity index (χ0n) is 11.2. The van der Waals surface area contributed by atoms with Crippen LogP contribution < -0.4 is 0 Å². The molecular formula is C12H19N3O3. The van der Waals surface area contributed by atoms with E-state index >= 15 is 0 Å². The average molecular weight is 253 g/mol. The van der Waals surface area contributed by atoms with E-state index in [2.05, 4.69) is 4.98 Å². The van der Waals surface area contributed by atoms with Gasteiger partial charge < -0.3 is 19.3 Å². The first kappa shape index (κ1) is 12.9. The van der Waals surface area contributed by atoms with Crippen LogP contribution in [0.4, 0.5) is 4.79 Å². The number of nitrogens with zero attached hydrogens (tertiary/aromatic N) is 3. The molecule has 1 fully saturated rings. The number of hydrogen-bond acceptors (Lipinski definition) is 4. The summed E-state index contributed by atoms with van der Waals surface area (Å²) in [6.07, 6.45) is 2.99. The second-order valence-electron chi connectivity index (χ2n) is 5.73. The first-order valence-electron chi connectivity index (χ1n) is 5.89. The molecule has 0 aliphatic carbocycles. The second kappa shape index (κ2) is 3.98. The third-order valence-corrected chi connectivity index (χ3v) is 2.79. The van der Waals surface area contributed by atoms with Gasteiger partial charge in [-0.25, -0.2) is 9.78 Å². The molecule has 0 bridgehead atoms. The van der Waals surface area contributed by atoms with Crippen LogP contribution >= 0.6 is 0 Å². The van der Waals surface area contributed by atoms with Crippen LogP contribution in [0.1, 0.15) is 26.6 Å². The molecule has 1 aromatic heterocycles. The molecule has 0 unspecified atom stereocenters. The smallest absolute Gasteiger partial charge is 0.410 e. The van der Waals surface area contributed by atoms with E-state index in [0.29, 0.717) is 5.82 Å². The van der Waals surface area contributed by atoms with E-state index < -0.39 is 17.3 Å². The molecule has 0 spiro atoms. The van der Waals surface area contributed by atoms with Gasteiger partial charge >= 0.3 is 6.09 Å². The maximum Gasteiger partial charge on any atom is 0.410 e. The fraction of sp³-hybridized carbons (Fsp3) is 0.667. The van der Waals surface area contributed by atoms with Gasteiger partial charge in [0.25, 0.3) is 0 Å². The molecule has 1 aliphatic heterocycles. The lowest BCUT2D eigenvalue weighted by Gasteiger charge is -2.45.